The third-order valence-electron chi connectivity index (χ3n) is 3.05. The van der Waals surface area contributed by atoms with Crippen molar-refractivity contribution in [3.05, 3.63) is 65.7 Å². The fraction of sp³-hybridized carbons (Fsp3) is 0.316. The minimum absolute atomic E-state index is 0.495. The Kier molecular flexibility index (Phi) is 6.21. The molecule has 128 valence electrons. The molecule has 24 heavy (non-hydrogen) atoms. The summed E-state index contributed by atoms with van der Waals surface area (Å²) in [5, 5.41) is 0. The van der Waals surface area contributed by atoms with Crippen molar-refractivity contribution >= 4 is 6.09 Å². The smallest absolute Gasteiger partial charge is 0.422 e. The Hall–Kier alpha value is -2.53. The van der Waals surface area contributed by atoms with Crippen LogP contribution in [0, 0.1) is 0 Å². The van der Waals surface area contributed by atoms with Crippen LogP contribution in [-0.4, -0.2) is 11.7 Å². The monoisotopic (exact) mass is 328 g/mol. The Morgan fingerprint density at radius 1 is 0.958 bits per heavy atom. The SMILES string of the molecule is CC(C)(C)OC(=O)NNCc1ccc(OCc2ccccc2)cc1. The van der Waals surface area contributed by atoms with Crippen LogP contribution in [0.15, 0.2) is 54.6 Å². The van der Waals surface area contributed by atoms with Crippen LogP contribution in [0.1, 0.15) is 31.9 Å². The summed E-state index contributed by atoms with van der Waals surface area (Å²) in [5.41, 5.74) is 6.99. The van der Waals surface area contributed by atoms with E-state index in [4.69, 9.17) is 9.47 Å². The number of amides is 1. The molecule has 0 aliphatic heterocycles. The van der Waals surface area contributed by atoms with Gasteiger partial charge in [-0.25, -0.2) is 10.2 Å². The van der Waals surface area contributed by atoms with Gasteiger partial charge in [-0.05, 0) is 44.0 Å². The first-order valence-corrected chi connectivity index (χ1v) is 7.90. The third kappa shape index (κ3) is 6.71. The van der Waals surface area contributed by atoms with Crippen molar-refractivity contribution < 1.29 is 14.3 Å². The van der Waals surface area contributed by atoms with Crippen LogP contribution in [0.5, 0.6) is 5.75 Å². The molecule has 0 bridgehead atoms. The lowest BCUT2D eigenvalue weighted by Gasteiger charge is -2.19. The lowest BCUT2D eigenvalue weighted by atomic mass is 10.2. The summed E-state index contributed by atoms with van der Waals surface area (Å²) in [6, 6.07) is 17.7. The predicted molar refractivity (Wildman–Crippen MR) is 93.4 cm³/mol. The molecule has 0 aliphatic carbocycles. The van der Waals surface area contributed by atoms with Crippen molar-refractivity contribution in [2.45, 2.75) is 39.5 Å². The van der Waals surface area contributed by atoms with Gasteiger partial charge in [-0.1, -0.05) is 42.5 Å². The predicted octanol–water partition coefficient (Wildman–Crippen LogP) is 3.79. The molecule has 2 N–H and O–H groups in total. The number of carbonyl (C=O) groups excluding carboxylic acids is 1. The quantitative estimate of drug-likeness (QED) is 0.792. The van der Waals surface area contributed by atoms with Gasteiger partial charge in [0.25, 0.3) is 0 Å². The molecule has 0 unspecified atom stereocenters. The third-order valence-corrected chi connectivity index (χ3v) is 3.05. The van der Waals surface area contributed by atoms with Gasteiger partial charge in [0, 0.05) is 6.54 Å². The summed E-state index contributed by atoms with van der Waals surface area (Å²) in [5.74, 6) is 0.808. The number of hydrogen-bond donors (Lipinski definition) is 2. The highest BCUT2D eigenvalue weighted by Crippen LogP contribution is 2.14. The zero-order chi connectivity index (χ0) is 17.4. The van der Waals surface area contributed by atoms with Crippen molar-refractivity contribution in [3.63, 3.8) is 0 Å². The van der Waals surface area contributed by atoms with E-state index in [1.807, 2.05) is 75.4 Å². The highest BCUT2D eigenvalue weighted by atomic mass is 16.6. The normalized spacial score (nSPS) is 11.0. The minimum Gasteiger partial charge on any atom is -0.489 e. The van der Waals surface area contributed by atoms with Crippen LogP contribution >= 0.6 is 0 Å². The van der Waals surface area contributed by atoms with Crippen LogP contribution < -0.4 is 15.6 Å². The number of nitrogens with one attached hydrogen (secondary N) is 2. The van der Waals surface area contributed by atoms with Gasteiger partial charge in [-0.2, -0.15) is 0 Å². The van der Waals surface area contributed by atoms with Gasteiger partial charge in [-0.15, -0.1) is 0 Å². The van der Waals surface area contributed by atoms with Gasteiger partial charge in [0.15, 0.2) is 0 Å². The van der Waals surface area contributed by atoms with Gasteiger partial charge in [0.2, 0.25) is 0 Å². The molecule has 5 nitrogen and oxygen atoms in total. The molecule has 0 fully saturated rings. The molecular formula is C19H24N2O3. The molecule has 0 aromatic heterocycles. The van der Waals surface area contributed by atoms with E-state index in [1.165, 1.54) is 0 Å². The zero-order valence-electron chi connectivity index (χ0n) is 14.3. The minimum atomic E-state index is -0.510. The maximum Gasteiger partial charge on any atom is 0.422 e. The number of carbonyl (C=O) groups is 1. The lowest BCUT2D eigenvalue weighted by Crippen LogP contribution is -2.40. The first-order valence-electron chi connectivity index (χ1n) is 7.90. The van der Waals surface area contributed by atoms with Crippen LogP contribution in [0.4, 0.5) is 4.79 Å². The van der Waals surface area contributed by atoms with Crippen LogP contribution in [-0.2, 0) is 17.9 Å². The molecule has 1 amide bonds. The second-order valence-corrected chi connectivity index (χ2v) is 6.40. The molecule has 2 rings (SSSR count). The first kappa shape index (κ1) is 17.8. The molecule has 0 spiro atoms. The fourth-order valence-corrected chi connectivity index (χ4v) is 1.97. The molecule has 0 radical (unpaired) electrons. The van der Waals surface area contributed by atoms with Gasteiger partial charge >= 0.3 is 6.09 Å². The molecule has 2 aromatic rings. The average Bonchev–Trinajstić information content (AvgIpc) is 2.53. The summed E-state index contributed by atoms with van der Waals surface area (Å²) in [7, 11) is 0. The van der Waals surface area contributed by atoms with Crippen molar-refractivity contribution in [2.24, 2.45) is 0 Å². The summed E-state index contributed by atoms with van der Waals surface area (Å²) >= 11 is 0. The number of ether oxygens (including phenoxy) is 2. The second-order valence-electron chi connectivity index (χ2n) is 6.40. The summed E-state index contributed by atoms with van der Waals surface area (Å²) in [6.07, 6.45) is -0.495. The van der Waals surface area contributed by atoms with E-state index in [2.05, 4.69) is 10.9 Å². The topological polar surface area (TPSA) is 59.6 Å². The molecule has 0 atom stereocenters. The Morgan fingerprint density at radius 3 is 2.25 bits per heavy atom. The largest absolute Gasteiger partial charge is 0.489 e. The van der Waals surface area contributed by atoms with E-state index in [9.17, 15) is 4.79 Å². The Bertz CT molecular complexity index is 634. The van der Waals surface area contributed by atoms with E-state index in [0.717, 1.165) is 16.9 Å². The molecule has 0 saturated heterocycles. The van der Waals surface area contributed by atoms with E-state index in [-0.39, 0.29) is 0 Å². The van der Waals surface area contributed by atoms with Crippen LogP contribution in [0.2, 0.25) is 0 Å². The first-order chi connectivity index (χ1) is 11.4. The average molecular weight is 328 g/mol. The highest BCUT2D eigenvalue weighted by Gasteiger charge is 2.15. The Labute approximate surface area is 143 Å². The van der Waals surface area contributed by atoms with Crippen molar-refractivity contribution in [3.8, 4) is 5.75 Å². The summed E-state index contributed by atoms with van der Waals surface area (Å²) in [6.45, 7) is 6.50. The van der Waals surface area contributed by atoms with Gasteiger partial charge < -0.3 is 9.47 Å². The van der Waals surface area contributed by atoms with Crippen LogP contribution in [0.25, 0.3) is 0 Å². The van der Waals surface area contributed by atoms with Crippen molar-refractivity contribution in [1.82, 2.24) is 10.9 Å². The van der Waals surface area contributed by atoms with E-state index in [0.29, 0.717) is 13.2 Å². The Balaban J connectivity index is 1.73. The second kappa shape index (κ2) is 8.36. The van der Waals surface area contributed by atoms with Gasteiger partial charge in [0.1, 0.15) is 18.0 Å². The maximum absolute atomic E-state index is 11.5. The number of hydrogen-bond acceptors (Lipinski definition) is 4. The number of hydrazine groups is 1. The molecule has 0 aliphatic rings. The van der Waals surface area contributed by atoms with Gasteiger partial charge in [0.05, 0.1) is 0 Å². The maximum atomic E-state index is 11.5. The van der Waals surface area contributed by atoms with E-state index in [1.54, 1.807) is 0 Å². The lowest BCUT2D eigenvalue weighted by molar-refractivity contribution is 0.0497. The number of rotatable bonds is 6. The summed E-state index contributed by atoms with van der Waals surface area (Å²) < 4.78 is 10.9. The Morgan fingerprint density at radius 2 is 1.62 bits per heavy atom. The van der Waals surface area contributed by atoms with E-state index >= 15 is 0 Å². The van der Waals surface area contributed by atoms with Gasteiger partial charge in [-0.3, -0.25) is 5.43 Å². The number of benzene rings is 2. The highest BCUT2D eigenvalue weighted by molar-refractivity contribution is 5.66. The molecule has 0 saturated carbocycles. The standard InChI is InChI=1S/C19H24N2O3/c1-19(2,3)24-18(22)21-20-13-15-9-11-17(12-10-15)23-14-16-7-5-4-6-8-16/h4-12,20H,13-14H2,1-3H3,(H,21,22). The molecule has 0 heterocycles. The molecule has 5 heteroatoms. The van der Waals surface area contributed by atoms with E-state index < -0.39 is 11.7 Å². The summed E-state index contributed by atoms with van der Waals surface area (Å²) in [4.78, 5) is 11.5. The molecular weight excluding hydrogens is 304 g/mol. The fourth-order valence-electron chi connectivity index (χ4n) is 1.97. The zero-order valence-corrected chi connectivity index (χ0v) is 14.3. The van der Waals surface area contributed by atoms with Crippen molar-refractivity contribution in [1.29, 1.82) is 0 Å². The van der Waals surface area contributed by atoms with Crippen molar-refractivity contribution in [2.75, 3.05) is 0 Å². The van der Waals surface area contributed by atoms with Crippen LogP contribution in [0.3, 0.4) is 0 Å². The molecule has 2 aromatic carbocycles.